The predicted molar refractivity (Wildman–Crippen MR) is 79.5 cm³/mol. The molecule has 7 nitrogen and oxygen atoms in total. The van der Waals surface area contributed by atoms with Crippen LogP contribution in [-0.4, -0.2) is 48.7 Å². The second-order valence-corrected chi connectivity index (χ2v) is 5.35. The molecular formula is C15H22N2O5. The highest BCUT2D eigenvalue weighted by atomic mass is 16.7. The highest BCUT2D eigenvalue weighted by molar-refractivity contribution is 5.14. The van der Waals surface area contributed by atoms with Crippen molar-refractivity contribution in [2.45, 2.75) is 44.4 Å². The first-order valence-electron chi connectivity index (χ1n) is 7.23. The van der Waals surface area contributed by atoms with Crippen molar-refractivity contribution in [2.75, 3.05) is 14.2 Å². The Bertz CT molecular complexity index is 480. The molecule has 0 bridgehead atoms. The van der Waals surface area contributed by atoms with Crippen molar-refractivity contribution in [1.29, 1.82) is 0 Å². The van der Waals surface area contributed by atoms with Crippen LogP contribution in [0.4, 0.5) is 0 Å². The van der Waals surface area contributed by atoms with Gasteiger partial charge in [-0.25, -0.2) is 0 Å². The van der Waals surface area contributed by atoms with Gasteiger partial charge in [-0.2, -0.15) is 5.06 Å². The zero-order valence-corrected chi connectivity index (χ0v) is 13.0. The topological polar surface area (TPSA) is 74.1 Å². The predicted octanol–water partition coefficient (Wildman–Crippen LogP) is 1.85. The lowest BCUT2D eigenvalue weighted by molar-refractivity contribution is -0.529. The van der Waals surface area contributed by atoms with E-state index in [0.717, 1.165) is 5.56 Å². The van der Waals surface area contributed by atoms with Crippen LogP contribution in [0.1, 0.15) is 18.9 Å². The molecule has 0 aliphatic carbocycles. The third kappa shape index (κ3) is 3.80. The summed E-state index contributed by atoms with van der Waals surface area (Å²) in [5.41, 5.74) is 1.04. The second-order valence-electron chi connectivity index (χ2n) is 5.35. The van der Waals surface area contributed by atoms with Crippen molar-refractivity contribution >= 4 is 0 Å². The first kappa shape index (κ1) is 16.8. The summed E-state index contributed by atoms with van der Waals surface area (Å²) in [6.45, 7) is 2.21. The van der Waals surface area contributed by atoms with Crippen LogP contribution in [0, 0.1) is 10.1 Å². The van der Waals surface area contributed by atoms with E-state index in [2.05, 4.69) is 0 Å². The van der Waals surface area contributed by atoms with Gasteiger partial charge in [0.05, 0.1) is 0 Å². The average molecular weight is 310 g/mol. The maximum Gasteiger partial charge on any atom is 0.258 e. The second kappa shape index (κ2) is 7.64. The maximum absolute atomic E-state index is 11.4. The Labute approximate surface area is 129 Å². The quantitative estimate of drug-likeness (QED) is 0.435. The molecule has 3 atom stereocenters. The van der Waals surface area contributed by atoms with Crippen LogP contribution in [-0.2, 0) is 20.9 Å². The van der Waals surface area contributed by atoms with Gasteiger partial charge in [0.2, 0.25) is 0 Å². The average Bonchev–Trinajstić information content (AvgIpc) is 2.81. The van der Waals surface area contributed by atoms with Gasteiger partial charge in [-0.1, -0.05) is 30.3 Å². The lowest BCUT2D eigenvalue weighted by Gasteiger charge is -2.25. The molecule has 1 aromatic carbocycles. The number of ether oxygens (including phenoxy) is 2. The Morgan fingerprint density at radius 3 is 2.50 bits per heavy atom. The van der Waals surface area contributed by atoms with Crippen molar-refractivity contribution in [2.24, 2.45) is 0 Å². The van der Waals surface area contributed by atoms with Crippen LogP contribution in [0.25, 0.3) is 0 Å². The van der Waals surface area contributed by atoms with E-state index in [4.69, 9.17) is 14.3 Å². The van der Waals surface area contributed by atoms with Gasteiger partial charge in [0, 0.05) is 32.1 Å². The first-order chi connectivity index (χ1) is 10.6. The minimum atomic E-state index is -0.809. The third-order valence-electron chi connectivity index (χ3n) is 3.93. The number of hydrogen-bond donors (Lipinski definition) is 0. The van der Waals surface area contributed by atoms with E-state index in [-0.39, 0.29) is 4.92 Å². The van der Waals surface area contributed by atoms with Crippen molar-refractivity contribution in [1.82, 2.24) is 5.06 Å². The number of benzene rings is 1. The van der Waals surface area contributed by atoms with Gasteiger partial charge >= 0.3 is 0 Å². The highest BCUT2D eigenvalue weighted by Gasteiger charge is 2.50. The zero-order chi connectivity index (χ0) is 16.1. The van der Waals surface area contributed by atoms with Crippen LogP contribution >= 0.6 is 0 Å². The van der Waals surface area contributed by atoms with E-state index >= 15 is 0 Å². The number of nitro groups is 1. The van der Waals surface area contributed by atoms with Gasteiger partial charge in [-0.15, -0.1) is 0 Å². The molecule has 0 aromatic heterocycles. The van der Waals surface area contributed by atoms with Crippen molar-refractivity contribution < 1.29 is 19.2 Å². The van der Waals surface area contributed by atoms with E-state index in [1.807, 2.05) is 30.3 Å². The molecule has 2 rings (SSSR count). The lowest BCUT2D eigenvalue weighted by Crippen LogP contribution is -2.43. The summed E-state index contributed by atoms with van der Waals surface area (Å²) in [4.78, 5) is 16.8. The van der Waals surface area contributed by atoms with E-state index in [9.17, 15) is 10.1 Å². The summed E-state index contributed by atoms with van der Waals surface area (Å²) in [5, 5.41) is 13.1. The Kier molecular flexibility index (Phi) is 5.84. The first-order valence-corrected chi connectivity index (χ1v) is 7.23. The minimum Gasteiger partial charge on any atom is -0.356 e. The molecule has 1 heterocycles. The molecule has 0 N–H and O–H groups in total. The number of rotatable bonds is 7. The Balaban J connectivity index is 2.17. The number of methoxy groups -OCH3 is 2. The molecule has 0 amide bonds. The van der Waals surface area contributed by atoms with Crippen molar-refractivity contribution in [3.8, 4) is 0 Å². The summed E-state index contributed by atoms with van der Waals surface area (Å²) in [5.74, 6) is 0. The van der Waals surface area contributed by atoms with Gasteiger partial charge in [-0.05, 0) is 12.5 Å². The summed E-state index contributed by atoms with van der Waals surface area (Å²) < 4.78 is 10.4. The molecule has 1 aromatic rings. The van der Waals surface area contributed by atoms with E-state index in [1.54, 1.807) is 12.0 Å². The molecule has 1 aliphatic heterocycles. The fraction of sp³-hybridized carbons (Fsp3) is 0.600. The molecule has 1 saturated heterocycles. The van der Waals surface area contributed by atoms with Crippen molar-refractivity contribution in [3.63, 3.8) is 0 Å². The van der Waals surface area contributed by atoms with Crippen LogP contribution < -0.4 is 0 Å². The fourth-order valence-electron chi connectivity index (χ4n) is 2.81. The number of hydroxylamine groups is 2. The normalized spacial score (nSPS) is 25.7. The van der Waals surface area contributed by atoms with E-state index in [1.165, 1.54) is 14.2 Å². The smallest absolute Gasteiger partial charge is 0.258 e. The largest absolute Gasteiger partial charge is 0.356 e. The van der Waals surface area contributed by atoms with Gasteiger partial charge < -0.3 is 9.47 Å². The van der Waals surface area contributed by atoms with Gasteiger partial charge in [0.25, 0.3) is 6.04 Å². The molecule has 0 saturated carbocycles. The monoisotopic (exact) mass is 310 g/mol. The molecule has 0 radical (unpaired) electrons. The van der Waals surface area contributed by atoms with Gasteiger partial charge in [-0.3, -0.25) is 15.0 Å². The van der Waals surface area contributed by atoms with Crippen molar-refractivity contribution in [3.05, 3.63) is 46.0 Å². The molecule has 1 aliphatic rings. The molecule has 22 heavy (non-hydrogen) atoms. The zero-order valence-electron chi connectivity index (χ0n) is 13.0. The molecule has 122 valence electrons. The summed E-state index contributed by atoms with van der Waals surface area (Å²) in [6, 6.07) is 8.51. The maximum atomic E-state index is 11.4. The van der Waals surface area contributed by atoms with E-state index < -0.39 is 24.5 Å². The minimum absolute atomic E-state index is 0.275. The third-order valence-corrected chi connectivity index (χ3v) is 3.93. The summed E-state index contributed by atoms with van der Waals surface area (Å²) in [7, 11) is 3.05. The molecule has 0 spiro atoms. The number of hydrogen-bond acceptors (Lipinski definition) is 6. The summed E-state index contributed by atoms with van der Waals surface area (Å²) in [6.07, 6.45) is -0.617. The fourth-order valence-corrected chi connectivity index (χ4v) is 2.81. The lowest BCUT2D eigenvalue weighted by atomic mass is 10.0. The molecular weight excluding hydrogens is 288 g/mol. The molecule has 0 unspecified atom stereocenters. The standard InChI is InChI=1S/C15H22N2O5/c1-11-15(17(18)19)13(9-14(20-2)21-3)16(22-11)10-12-7-5-4-6-8-12/h4-8,11,13-15H,9-10H2,1-3H3/t11-,13-,15-/m0/s1. The van der Waals surface area contributed by atoms with E-state index in [0.29, 0.717) is 13.0 Å². The van der Waals surface area contributed by atoms with Crippen LogP contribution in [0.3, 0.4) is 0 Å². The molecule has 7 heteroatoms. The molecule has 1 fully saturated rings. The van der Waals surface area contributed by atoms with Crippen LogP contribution in [0.2, 0.25) is 0 Å². The Morgan fingerprint density at radius 1 is 1.32 bits per heavy atom. The highest BCUT2D eigenvalue weighted by Crippen LogP contribution is 2.29. The van der Waals surface area contributed by atoms with Crippen LogP contribution in [0.15, 0.2) is 30.3 Å². The summed E-state index contributed by atoms with van der Waals surface area (Å²) >= 11 is 0. The van der Waals surface area contributed by atoms with Crippen LogP contribution in [0.5, 0.6) is 0 Å². The van der Waals surface area contributed by atoms with Gasteiger partial charge in [0.15, 0.2) is 6.29 Å². The SMILES string of the molecule is COC(C[C@H]1[C@@H]([N+](=O)[O-])[C@H](C)ON1Cc1ccccc1)OC. The Morgan fingerprint density at radius 2 is 1.95 bits per heavy atom. The Hall–Kier alpha value is -1.54. The van der Waals surface area contributed by atoms with Gasteiger partial charge in [0.1, 0.15) is 12.1 Å². The number of nitrogens with zero attached hydrogens (tertiary/aromatic N) is 2.